The summed E-state index contributed by atoms with van der Waals surface area (Å²) in [5, 5.41) is 5.23. The van der Waals surface area contributed by atoms with Crippen LogP contribution in [0.3, 0.4) is 0 Å². The highest BCUT2D eigenvalue weighted by Gasteiger charge is 2.41. The number of carbonyl (C=O) groups excluding carboxylic acids is 1. The summed E-state index contributed by atoms with van der Waals surface area (Å²) in [6, 6.07) is 4.63. The first-order valence-electron chi connectivity index (χ1n) is 12.4. The molecule has 2 bridgehead atoms. The van der Waals surface area contributed by atoms with Crippen LogP contribution >= 0.6 is 11.6 Å². The fraction of sp³-hybridized carbons (Fsp3) is 0.500. The number of carbonyl (C=O) groups is 1. The number of ether oxygens (including phenoxy) is 1. The van der Waals surface area contributed by atoms with Crippen molar-refractivity contribution in [2.75, 3.05) is 13.2 Å². The summed E-state index contributed by atoms with van der Waals surface area (Å²) >= 11 is 6.34. The van der Waals surface area contributed by atoms with E-state index in [1.807, 2.05) is 13.8 Å². The lowest BCUT2D eigenvalue weighted by Gasteiger charge is -2.38. The Morgan fingerprint density at radius 1 is 1.19 bits per heavy atom. The van der Waals surface area contributed by atoms with Crippen LogP contribution < -0.4 is 4.74 Å². The van der Waals surface area contributed by atoms with E-state index >= 15 is 0 Å². The predicted octanol–water partition coefficient (Wildman–Crippen LogP) is 4.64. The van der Waals surface area contributed by atoms with Crippen LogP contribution in [-0.4, -0.2) is 61.7 Å². The molecule has 10 heteroatoms. The first-order chi connectivity index (χ1) is 17.3. The van der Waals surface area contributed by atoms with E-state index in [0.29, 0.717) is 35.9 Å². The number of halogens is 3. The molecule has 3 aliphatic rings. The van der Waals surface area contributed by atoms with Gasteiger partial charge in [-0.3, -0.25) is 9.69 Å². The number of amides is 1. The molecule has 36 heavy (non-hydrogen) atoms. The zero-order chi connectivity index (χ0) is 25.1. The van der Waals surface area contributed by atoms with Crippen molar-refractivity contribution < 1.29 is 18.3 Å². The SMILES string of the molecule is Cc1nc2c3c(nn2c(C)c1Cl)CN(C(=O)c1ccc(F)cc1O[C@H]1C[C@H]2CC[C@@H](C1)N2CCF)C3. The summed E-state index contributed by atoms with van der Waals surface area (Å²) < 4.78 is 35.2. The van der Waals surface area contributed by atoms with Crippen molar-refractivity contribution in [3.8, 4) is 5.75 Å². The van der Waals surface area contributed by atoms with E-state index < -0.39 is 5.82 Å². The minimum Gasteiger partial charge on any atom is -0.489 e. The van der Waals surface area contributed by atoms with Gasteiger partial charge in [0.25, 0.3) is 5.91 Å². The largest absolute Gasteiger partial charge is 0.489 e. The normalized spacial score (nSPS) is 23.5. The number of rotatable bonds is 5. The lowest BCUT2D eigenvalue weighted by Crippen LogP contribution is -2.47. The van der Waals surface area contributed by atoms with Gasteiger partial charge in [0.2, 0.25) is 0 Å². The molecule has 3 aromatic rings. The standard InChI is InChI=1S/C26H28ClF2N5O2/c1-14-24(27)15(2)34-25(30-14)21-12-32(13-22(21)31-34)26(35)20-6-3-16(29)9-23(20)36-19-10-17-4-5-18(11-19)33(17)8-7-28/h3,6,9,17-19H,4-5,7-8,10-13H2,1-2H3/t17-,18+,19+. The van der Waals surface area contributed by atoms with Crippen LogP contribution in [0.1, 0.15) is 58.7 Å². The predicted molar refractivity (Wildman–Crippen MR) is 131 cm³/mol. The zero-order valence-electron chi connectivity index (χ0n) is 20.3. The third-order valence-corrected chi connectivity index (χ3v) is 8.44. The molecular formula is C26H28ClF2N5O2. The number of fused-ring (bicyclic) bond motifs is 5. The lowest BCUT2D eigenvalue weighted by molar-refractivity contribution is 0.0445. The van der Waals surface area contributed by atoms with Crippen LogP contribution in [0.2, 0.25) is 5.02 Å². The molecule has 0 saturated carbocycles. The molecule has 7 nitrogen and oxygen atoms in total. The number of hydrogen-bond donors (Lipinski definition) is 0. The van der Waals surface area contributed by atoms with Gasteiger partial charge in [0.1, 0.15) is 24.3 Å². The number of aryl methyl sites for hydroxylation is 2. The maximum atomic E-state index is 14.2. The number of aromatic nitrogens is 3. The van der Waals surface area contributed by atoms with Crippen LogP contribution in [0.15, 0.2) is 18.2 Å². The first-order valence-corrected chi connectivity index (χ1v) is 12.8. The lowest BCUT2D eigenvalue weighted by atomic mass is 9.99. The number of alkyl halides is 1. The Balaban J connectivity index is 1.23. The van der Waals surface area contributed by atoms with E-state index in [2.05, 4.69) is 15.0 Å². The Kier molecular flexibility index (Phi) is 5.87. The van der Waals surface area contributed by atoms with Gasteiger partial charge in [0.15, 0.2) is 5.65 Å². The van der Waals surface area contributed by atoms with Gasteiger partial charge in [0, 0.05) is 30.3 Å². The van der Waals surface area contributed by atoms with Crippen LogP contribution in [0.5, 0.6) is 5.75 Å². The van der Waals surface area contributed by atoms with Gasteiger partial charge in [-0.15, -0.1) is 0 Å². The summed E-state index contributed by atoms with van der Waals surface area (Å²) in [6.07, 6.45) is 3.41. The third-order valence-electron chi connectivity index (χ3n) is 7.89. The molecule has 0 radical (unpaired) electrons. The van der Waals surface area contributed by atoms with Crippen molar-refractivity contribution >= 4 is 23.2 Å². The summed E-state index contributed by atoms with van der Waals surface area (Å²) in [6.45, 7) is 4.52. The minimum atomic E-state index is -0.450. The fourth-order valence-electron chi connectivity index (χ4n) is 6.16. The smallest absolute Gasteiger partial charge is 0.258 e. The van der Waals surface area contributed by atoms with Crippen molar-refractivity contribution in [2.24, 2.45) is 0 Å². The Labute approximate surface area is 213 Å². The van der Waals surface area contributed by atoms with Gasteiger partial charge in [-0.25, -0.2) is 18.3 Å². The van der Waals surface area contributed by atoms with Crippen molar-refractivity contribution in [1.29, 1.82) is 0 Å². The molecule has 3 aliphatic heterocycles. The molecule has 2 aromatic heterocycles. The zero-order valence-corrected chi connectivity index (χ0v) is 21.1. The summed E-state index contributed by atoms with van der Waals surface area (Å²) in [5.74, 6) is -0.422. The second-order valence-electron chi connectivity index (χ2n) is 10.1. The average Bonchev–Trinajstić information content (AvgIpc) is 3.48. The highest BCUT2D eigenvalue weighted by Crippen LogP contribution is 2.38. The molecule has 0 N–H and O–H groups in total. The van der Waals surface area contributed by atoms with Gasteiger partial charge in [-0.2, -0.15) is 5.10 Å². The van der Waals surface area contributed by atoms with Crippen molar-refractivity contribution in [1.82, 2.24) is 24.4 Å². The highest BCUT2D eigenvalue weighted by atomic mass is 35.5. The van der Waals surface area contributed by atoms with Crippen molar-refractivity contribution in [3.05, 3.63) is 57.2 Å². The maximum absolute atomic E-state index is 14.2. The Bertz CT molecular complexity index is 1350. The summed E-state index contributed by atoms with van der Waals surface area (Å²) in [4.78, 5) is 22.1. The highest BCUT2D eigenvalue weighted by molar-refractivity contribution is 6.31. The van der Waals surface area contributed by atoms with Crippen molar-refractivity contribution in [3.63, 3.8) is 0 Å². The van der Waals surface area contributed by atoms with Gasteiger partial charge in [0.05, 0.1) is 40.8 Å². The number of benzene rings is 1. The van der Waals surface area contributed by atoms with Gasteiger partial charge in [-0.05, 0) is 51.7 Å². The van der Waals surface area contributed by atoms with Gasteiger partial charge >= 0.3 is 0 Å². The van der Waals surface area contributed by atoms with E-state index in [4.69, 9.17) is 16.3 Å². The van der Waals surface area contributed by atoms with Crippen LogP contribution in [-0.2, 0) is 13.1 Å². The topological polar surface area (TPSA) is 63.0 Å². The molecule has 6 rings (SSSR count). The van der Waals surface area contributed by atoms with E-state index in [0.717, 1.165) is 48.3 Å². The first kappa shape index (κ1) is 23.6. The number of piperidine rings is 1. The van der Waals surface area contributed by atoms with E-state index in [9.17, 15) is 13.6 Å². The molecule has 0 aliphatic carbocycles. The summed E-state index contributed by atoms with van der Waals surface area (Å²) in [7, 11) is 0. The molecule has 5 heterocycles. The van der Waals surface area contributed by atoms with Crippen LogP contribution in [0.4, 0.5) is 8.78 Å². The van der Waals surface area contributed by atoms with Gasteiger partial charge < -0.3 is 9.64 Å². The second kappa shape index (κ2) is 8.95. The molecule has 0 unspecified atom stereocenters. The second-order valence-corrected chi connectivity index (χ2v) is 10.5. The van der Waals surface area contributed by atoms with Gasteiger partial charge in [-0.1, -0.05) is 11.6 Å². The molecule has 2 saturated heterocycles. The van der Waals surface area contributed by atoms with E-state index in [-0.39, 0.29) is 36.5 Å². The molecule has 1 amide bonds. The molecular weight excluding hydrogens is 488 g/mol. The van der Waals surface area contributed by atoms with E-state index in [1.54, 1.807) is 9.42 Å². The Morgan fingerprint density at radius 3 is 2.67 bits per heavy atom. The minimum absolute atomic E-state index is 0.133. The molecule has 190 valence electrons. The Morgan fingerprint density at radius 2 is 1.94 bits per heavy atom. The van der Waals surface area contributed by atoms with Crippen LogP contribution in [0.25, 0.3) is 5.65 Å². The fourth-order valence-corrected chi connectivity index (χ4v) is 6.28. The molecule has 0 spiro atoms. The average molecular weight is 516 g/mol. The van der Waals surface area contributed by atoms with Crippen molar-refractivity contribution in [2.45, 2.75) is 70.8 Å². The molecule has 2 fully saturated rings. The maximum Gasteiger partial charge on any atom is 0.258 e. The molecule has 3 atom stereocenters. The number of hydrogen-bond acceptors (Lipinski definition) is 5. The monoisotopic (exact) mass is 515 g/mol. The summed E-state index contributed by atoms with van der Waals surface area (Å²) in [5.41, 5.74) is 4.24. The quantitative estimate of drug-likeness (QED) is 0.495. The Hall–Kier alpha value is -2.78. The number of nitrogens with zero attached hydrogens (tertiary/aromatic N) is 5. The third kappa shape index (κ3) is 3.84. The molecule has 1 aromatic carbocycles. The van der Waals surface area contributed by atoms with E-state index in [1.165, 1.54) is 18.2 Å². The van der Waals surface area contributed by atoms with Crippen LogP contribution in [0, 0.1) is 19.7 Å².